The Morgan fingerprint density at radius 2 is 1.85 bits per heavy atom. The van der Waals surface area contributed by atoms with Gasteiger partial charge in [0.05, 0.1) is 19.9 Å². The van der Waals surface area contributed by atoms with Crippen molar-refractivity contribution >= 4 is 23.0 Å². The number of methoxy groups -OCH3 is 2. The van der Waals surface area contributed by atoms with Gasteiger partial charge in [0, 0.05) is 55.8 Å². The summed E-state index contributed by atoms with van der Waals surface area (Å²) < 4.78 is 10.6. The van der Waals surface area contributed by atoms with Crippen LogP contribution in [0.4, 0.5) is 5.69 Å². The van der Waals surface area contributed by atoms with Crippen molar-refractivity contribution in [1.82, 2.24) is 15.2 Å². The maximum atomic E-state index is 5.48. The van der Waals surface area contributed by atoms with Gasteiger partial charge in [-0.2, -0.15) is 0 Å². The van der Waals surface area contributed by atoms with Crippen LogP contribution in [0.15, 0.2) is 42.6 Å². The molecule has 2 N–H and O–H groups in total. The molecular weight excluding hydrogens is 360 g/mol. The van der Waals surface area contributed by atoms with Gasteiger partial charge in [0.1, 0.15) is 11.5 Å². The average Bonchev–Trinajstić information content (AvgIpc) is 2.70. The van der Waals surface area contributed by atoms with Crippen LogP contribution in [-0.2, 0) is 6.54 Å². The third kappa shape index (κ3) is 5.80. The molecule has 2 heterocycles. The summed E-state index contributed by atoms with van der Waals surface area (Å²) in [5.74, 6) is 1.45. The summed E-state index contributed by atoms with van der Waals surface area (Å²) in [4.78, 5) is 6.84. The van der Waals surface area contributed by atoms with Gasteiger partial charge in [0.25, 0.3) is 0 Å². The highest BCUT2D eigenvalue weighted by atomic mass is 32.1. The molecule has 0 atom stereocenters. The zero-order chi connectivity index (χ0) is 19.1. The number of anilines is 1. The first-order valence-corrected chi connectivity index (χ1v) is 9.50. The molecule has 144 valence electrons. The number of pyridine rings is 1. The number of rotatable bonds is 6. The molecule has 0 unspecified atom stereocenters. The van der Waals surface area contributed by atoms with Crippen LogP contribution in [0.25, 0.3) is 0 Å². The summed E-state index contributed by atoms with van der Waals surface area (Å²) >= 11 is 5.48. The van der Waals surface area contributed by atoms with E-state index in [1.54, 1.807) is 14.2 Å². The quantitative estimate of drug-likeness (QED) is 0.740. The van der Waals surface area contributed by atoms with Gasteiger partial charge in [-0.3, -0.25) is 9.88 Å². The zero-order valence-corrected chi connectivity index (χ0v) is 16.6. The second-order valence-electron chi connectivity index (χ2n) is 6.57. The number of ether oxygens (including phenoxy) is 2. The van der Waals surface area contributed by atoms with Gasteiger partial charge in [-0.25, -0.2) is 0 Å². The van der Waals surface area contributed by atoms with E-state index in [1.165, 1.54) is 0 Å². The van der Waals surface area contributed by atoms with Gasteiger partial charge in [-0.05, 0) is 37.2 Å². The molecule has 6 nitrogen and oxygen atoms in total. The third-order valence-corrected chi connectivity index (χ3v) is 4.86. The summed E-state index contributed by atoms with van der Waals surface area (Å²) in [5.41, 5.74) is 1.96. The number of thiocarbonyl (C=S) groups is 1. The van der Waals surface area contributed by atoms with Crippen LogP contribution < -0.4 is 20.1 Å². The number of nitrogens with one attached hydrogen (secondary N) is 2. The minimum Gasteiger partial charge on any atom is -0.497 e. The van der Waals surface area contributed by atoms with E-state index in [4.69, 9.17) is 21.7 Å². The molecular formula is C20H26N4O2S. The fourth-order valence-electron chi connectivity index (χ4n) is 3.19. The number of nitrogens with zero attached hydrogens (tertiary/aromatic N) is 2. The first-order chi connectivity index (χ1) is 13.2. The molecule has 1 aliphatic heterocycles. The maximum Gasteiger partial charge on any atom is 0.171 e. The van der Waals surface area contributed by atoms with E-state index >= 15 is 0 Å². The molecule has 3 rings (SSSR count). The lowest BCUT2D eigenvalue weighted by Gasteiger charge is -2.32. The fourth-order valence-corrected chi connectivity index (χ4v) is 3.47. The number of aromatic nitrogens is 1. The Hall–Kier alpha value is -2.38. The van der Waals surface area contributed by atoms with Crippen molar-refractivity contribution in [1.29, 1.82) is 0 Å². The monoisotopic (exact) mass is 386 g/mol. The lowest BCUT2D eigenvalue weighted by Crippen LogP contribution is -2.45. The molecule has 1 aromatic heterocycles. The van der Waals surface area contributed by atoms with Crippen molar-refractivity contribution in [3.05, 3.63) is 48.3 Å². The van der Waals surface area contributed by atoms with Crippen LogP contribution in [0.2, 0.25) is 0 Å². The van der Waals surface area contributed by atoms with Crippen molar-refractivity contribution in [2.45, 2.75) is 25.4 Å². The maximum absolute atomic E-state index is 5.48. The molecule has 1 aliphatic rings. The summed E-state index contributed by atoms with van der Waals surface area (Å²) in [6.45, 7) is 2.97. The first-order valence-electron chi connectivity index (χ1n) is 9.09. The van der Waals surface area contributed by atoms with E-state index in [-0.39, 0.29) is 0 Å². The smallest absolute Gasteiger partial charge is 0.171 e. The molecule has 7 heteroatoms. The molecule has 1 fully saturated rings. The lowest BCUT2D eigenvalue weighted by molar-refractivity contribution is 0.197. The van der Waals surface area contributed by atoms with Gasteiger partial charge in [0.15, 0.2) is 5.11 Å². The first kappa shape index (κ1) is 19.4. The zero-order valence-electron chi connectivity index (χ0n) is 15.8. The number of piperidine rings is 1. The minimum absolute atomic E-state index is 0.373. The number of hydrogen-bond acceptors (Lipinski definition) is 5. The van der Waals surface area contributed by atoms with Crippen LogP contribution in [0.3, 0.4) is 0 Å². The van der Waals surface area contributed by atoms with Crippen LogP contribution in [-0.4, -0.2) is 48.3 Å². The molecule has 1 saturated heterocycles. The lowest BCUT2D eigenvalue weighted by atomic mass is 10.1. The Kier molecular flexibility index (Phi) is 6.84. The van der Waals surface area contributed by atoms with Crippen LogP contribution in [0.1, 0.15) is 18.5 Å². The number of hydrogen-bond donors (Lipinski definition) is 2. The molecule has 0 bridgehead atoms. The van der Waals surface area contributed by atoms with Crippen LogP contribution >= 0.6 is 12.2 Å². The predicted molar refractivity (Wildman–Crippen MR) is 111 cm³/mol. The Balaban J connectivity index is 1.47. The SMILES string of the molecule is COc1cc(NC(=S)NC2CCN(Cc3ccccn3)CC2)cc(OC)c1. The van der Waals surface area contributed by atoms with Gasteiger partial charge in [-0.1, -0.05) is 6.07 Å². The third-order valence-electron chi connectivity index (χ3n) is 4.64. The molecule has 1 aromatic carbocycles. The standard InChI is InChI=1S/C20H26N4O2S/c1-25-18-11-17(12-19(13-18)26-2)23-20(27)22-15-6-9-24(10-7-15)14-16-5-3-4-8-21-16/h3-5,8,11-13,15H,6-7,9-10,14H2,1-2H3,(H2,22,23,27). The van der Waals surface area contributed by atoms with E-state index in [2.05, 4.69) is 26.6 Å². The van der Waals surface area contributed by atoms with Crippen LogP contribution in [0.5, 0.6) is 11.5 Å². The van der Waals surface area contributed by atoms with E-state index in [0.717, 1.165) is 55.4 Å². The number of benzene rings is 1. The topological polar surface area (TPSA) is 58.7 Å². The molecule has 2 aromatic rings. The molecule has 0 spiro atoms. The summed E-state index contributed by atoms with van der Waals surface area (Å²) in [7, 11) is 3.27. The summed E-state index contributed by atoms with van der Waals surface area (Å²) in [5, 5.41) is 7.27. The second-order valence-corrected chi connectivity index (χ2v) is 6.98. The van der Waals surface area contributed by atoms with Gasteiger partial charge in [-0.15, -0.1) is 0 Å². The molecule has 27 heavy (non-hydrogen) atoms. The molecule has 0 saturated carbocycles. The van der Waals surface area contributed by atoms with E-state index < -0.39 is 0 Å². The second kappa shape index (κ2) is 9.53. The largest absolute Gasteiger partial charge is 0.497 e. The fraction of sp³-hybridized carbons (Fsp3) is 0.400. The van der Waals surface area contributed by atoms with E-state index in [9.17, 15) is 0 Å². The Bertz CT molecular complexity index is 727. The summed E-state index contributed by atoms with van der Waals surface area (Å²) in [6, 6.07) is 12.1. The molecule has 0 amide bonds. The normalized spacial score (nSPS) is 15.2. The van der Waals surface area contributed by atoms with Gasteiger partial charge >= 0.3 is 0 Å². The van der Waals surface area contributed by atoms with Gasteiger partial charge in [0.2, 0.25) is 0 Å². The predicted octanol–water partition coefficient (Wildman–Crippen LogP) is 3.05. The highest BCUT2D eigenvalue weighted by molar-refractivity contribution is 7.80. The minimum atomic E-state index is 0.373. The highest BCUT2D eigenvalue weighted by Gasteiger charge is 2.20. The van der Waals surface area contributed by atoms with Crippen LogP contribution in [0, 0.1) is 0 Å². The van der Waals surface area contributed by atoms with Crippen molar-refractivity contribution in [2.24, 2.45) is 0 Å². The van der Waals surface area contributed by atoms with Crippen molar-refractivity contribution in [2.75, 3.05) is 32.6 Å². The highest BCUT2D eigenvalue weighted by Crippen LogP contribution is 2.25. The van der Waals surface area contributed by atoms with Crippen molar-refractivity contribution < 1.29 is 9.47 Å². The molecule has 0 aliphatic carbocycles. The Morgan fingerprint density at radius 3 is 2.44 bits per heavy atom. The average molecular weight is 387 g/mol. The summed E-state index contributed by atoms with van der Waals surface area (Å²) in [6.07, 6.45) is 3.95. The van der Waals surface area contributed by atoms with E-state index in [1.807, 2.05) is 36.5 Å². The van der Waals surface area contributed by atoms with Crippen molar-refractivity contribution in [3.63, 3.8) is 0 Å². The Labute approximate surface area is 165 Å². The number of likely N-dealkylation sites (tertiary alicyclic amines) is 1. The van der Waals surface area contributed by atoms with E-state index in [0.29, 0.717) is 11.2 Å². The van der Waals surface area contributed by atoms with Crippen molar-refractivity contribution in [3.8, 4) is 11.5 Å². The van der Waals surface area contributed by atoms with Gasteiger partial charge < -0.3 is 20.1 Å². The Morgan fingerprint density at radius 1 is 1.15 bits per heavy atom. The molecule has 0 radical (unpaired) electrons.